The second kappa shape index (κ2) is 5.16. The van der Waals surface area contributed by atoms with Gasteiger partial charge in [0.05, 0.1) is 5.52 Å². The lowest BCUT2D eigenvalue weighted by Crippen LogP contribution is -2.24. The third kappa shape index (κ3) is 2.64. The Bertz CT molecular complexity index is 849. The van der Waals surface area contributed by atoms with Crippen molar-refractivity contribution in [3.05, 3.63) is 59.1 Å². The molecule has 0 atom stereocenters. The number of nitrogens with one attached hydrogen (secondary N) is 1. The SMILES string of the molecule is Nc1ccc2c(c1)oc(=O)n2CC(=O)Nc1ccccc1. The van der Waals surface area contributed by atoms with Crippen molar-refractivity contribution in [2.24, 2.45) is 0 Å². The van der Waals surface area contributed by atoms with E-state index >= 15 is 0 Å². The van der Waals surface area contributed by atoms with Crippen molar-refractivity contribution >= 4 is 28.4 Å². The monoisotopic (exact) mass is 283 g/mol. The molecule has 106 valence electrons. The van der Waals surface area contributed by atoms with Gasteiger partial charge in [-0.25, -0.2) is 4.79 Å². The molecular weight excluding hydrogens is 270 g/mol. The van der Waals surface area contributed by atoms with Gasteiger partial charge in [0.25, 0.3) is 0 Å². The van der Waals surface area contributed by atoms with Crippen LogP contribution in [0.5, 0.6) is 0 Å². The van der Waals surface area contributed by atoms with Crippen molar-refractivity contribution in [3.8, 4) is 0 Å². The number of nitrogens with two attached hydrogens (primary N) is 1. The topological polar surface area (TPSA) is 90.3 Å². The maximum atomic E-state index is 12.0. The Hall–Kier alpha value is -3.02. The molecule has 0 aliphatic carbocycles. The first-order chi connectivity index (χ1) is 10.1. The van der Waals surface area contributed by atoms with Gasteiger partial charge in [0, 0.05) is 17.4 Å². The first-order valence-corrected chi connectivity index (χ1v) is 6.37. The highest BCUT2D eigenvalue weighted by Crippen LogP contribution is 2.16. The van der Waals surface area contributed by atoms with Gasteiger partial charge >= 0.3 is 5.76 Å². The van der Waals surface area contributed by atoms with Crippen LogP contribution in [-0.2, 0) is 11.3 Å². The molecule has 21 heavy (non-hydrogen) atoms. The second-order valence-electron chi connectivity index (χ2n) is 4.60. The molecule has 0 bridgehead atoms. The maximum Gasteiger partial charge on any atom is 0.420 e. The van der Waals surface area contributed by atoms with E-state index in [1.807, 2.05) is 18.2 Å². The number of fused-ring (bicyclic) bond motifs is 1. The van der Waals surface area contributed by atoms with E-state index in [1.165, 1.54) is 4.57 Å². The van der Waals surface area contributed by atoms with E-state index in [0.29, 0.717) is 22.5 Å². The van der Waals surface area contributed by atoms with Crippen LogP contribution >= 0.6 is 0 Å². The van der Waals surface area contributed by atoms with Gasteiger partial charge in [0.1, 0.15) is 6.54 Å². The Morgan fingerprint density at radius 1 is 1.19 bits per heavy atom. The van der Waals surface area contributed by atoms with E-state index in [2.05, 4.69) is 5.32 Å². The third-order valence-electron chi connectivity index (χ3n) is 3.05. The number of aromatic nitrogens is 1. The molecule has 1 heterocycles. The molecule has 0 saturated carbocycles. The molecule has 2 aromatic carbocycles. The summed E-state index contributed by atoms with van der Waals surface area (Å²) in [4.78, 5) is 23.8. The fourth-order valence-corrected chi connectivity index (χ4v) is 2.10. The standard InChI is InChI=1S/C15H13N3O3/c16-10-6-7-12-13(8-10)21-15(20)18(12)9-14(19)17-11-4-2-1-3-5-11/h1-8H,9,16H2,(H,17,19). The molecule has 3 rings (SSSR count). The number of carbonyl (C=O) groups excluding carboxylic acids is 1. The van der Waals surface area contributed by atoms with E-state index in [-0.39, 0.29) is 12.5 Å². The van der Waals surface area contributed by atoms with Crippen LogP contribution in [0.15, 0.2) is 57.7 Å². The first kappa shape index (κ1) is 13.0. The molecule has 0 aliphatic heterocycles. The number of benzene rings is 2. The lowest BCUT2D eigenvalue weighted by atomic mass is 10.3. The molecule has 0 fully saturated rings. The van der Waals surface area contributed by atoms with Crippen LogP contribution in [0.2, 0.25) is 0 Å². The molecule has 6 nitrogen and oxygen atoms in total. The van der Waals surface area contributed by atoms with Crippen LogP contribution in [0.25, 0.3) is 11.1 Å². The van der Waals surface area contributed by atoms with E-state index < -0.39 is 5.76 Å². The summed E-state index contributed by atoms with van der Waals surface area (Å²) in [6, 6.07) is 13.9. The summed E-state index contributed by atoms with van der Waals surface area (Å²) < 4.78 is 6.35. The van der Waals surface area contributed by atoms with Gasteiger partial charge in [0.15, 0.2) is 5.58 Å². The van der Waals surface area contributed by atoms with Crippen molar-refractivity contribution in [1.82, 2.24) is 4.57 Å². The number of carbonyl (C=O) groups is 1. The van der Waals surface area contributed by atoms with Gasteiger partial charge in [-0.15, -0.1) is 0 Å². The average Bonchev–Trinajstić information content (AvgIpc) is 2.75. The van der Waals surface area contributed by atoms with Gasteiger partial charge in [-0.1, -0.05) is 18.2 Å². The van der Waals surface area contributed by atoms with Crippen LogP contribution in [-0.4, -0.2) is 10.5 Å². The number of nitrogens with zero attached hydrogens (tertiary/aromatic N) is 1. The number of anilines is 2. The summed E-state index contributed by atoms with van der Waals surface area (Å²) in [5.74, 6) is -0.887. The van der Waals surface area contributed by atoms with Gasteiger partial charge in [0.2, 0.25) is 5.91 Å². The van der Waals surface area contributed by atoms with Crippen molar-refractivity contribution in [2.45, 2.75) is 6.54 Å². The molecule has 0 spiro atoms. The van der Waals surface area contributed by atoms with Crippen LogP contribution < -0.4 is 16.8 Å². The van der Waals surface area contributed by atoms with Gasteiger partial charge in [-0.2, -0.15) is 0 Å². The molecule has 1 aromatic heterocycles. The van der Waals surface area contributed by atoms with E-state index in [0.717, 1.165) is 0 Å². The zero-order valence-corrected chi connectivity index (χ0v) is 11.1. The van der Waals surface area contributed by atoms with Crippen molar-refractivity contribution in [3.63, 3.8) is 0 Å². The number of nitrogen functional groups attached to an aromatic ring is 1. The molecule has 3 aromatic rings. The number of hydrogen-bond acceptors (Lipinski definition) is 4. The fraction of sp³-hybridized carbons (Fsp3) is 0.0667. The van der Waals surface area contributed by atoms with Gasteiger partial charge in [-0.3, -0.25) is 9.36 Å². The second-order valence-corrected chi connectivity index (χ2v) is 4.60. The van der Waals surface area contributed by atoms with Gasteiger partial charge < -0.3 is 15.5 Å². The molecule has 0 unspecified atom stereocenters. The van der Waals surface area contributed by atoms with Crippen LogP contribution in [0.1, 0.15) is 0 Å². The quantitative estimate of drug-likeness (QED) is 0.717. The van der Waals surface area contributed by atoms with E-state index in [1.54, 1.807) is 30.3 Å². The highest BCUT2D eigenvalue weighted by atomic mass is 16.4. The Balaban J connectivity index is 1.86. The number of hydrogen-bond donors (Lipinski definition) is 2. The average molecular weight is 283 g/mol. The number of oxazole rings is 1. The Kier molecular flexibility index (Phi) is 3.19. The smallest absolute Gasteiger partial charge is 0.408 e. The fourth-order valence-electron chi connectivity index (χ4n) is 2.10. The first-order valence-electron chi connectivity index (χ1n) is 6.37. The predicted octanol–water partition coefficient (Wildman–Crippen LogP) is 1.82. The molecule has 0 aliphatic rings. The molecule has 3 N–H and O–H groups in total. The predicted molar refractivity (Wildman–Crippen MR) is 80.0 cm³/mol. The summed E-state index contributed by atoms with van der Waals surface area (Å²) in [5.41, 5.74) is 7.71. The lowest BCUT2D eigenvalue weighted by Gasteiger charge is -2.05. The molecule has 0 saturated heterocycles. The largest absolute Gasteiger partial charge is 0.420 e. The minimum Gasteiger partial charge on any atom is -0.408 e. The minimum atomic E-state index is -0.584. The number of rotatable bonds is 3. The summed E-state index contributed by atoms with van der Waals surface area (Å²) in [6.45, 7) is -0.120. The Morgan fingerprint density at radius 3 is 2.71 bits per heavy atom. The number of amides is 1. The molecule has 0 radical (unpaired) electrons. The highest BCUT2D eigenvalue weighted by molar-refractivity contribution is 5.91. The number of para-hydroxylation sites is 1. The maximum absolute atomic E-state index is 12.0. The van der Waals surface area contributed by atoms with Crippen LogP contribution in [0.3, 0.4) is 0 Å². The molecule has 1 amide bonds. The summed E-state index contributed by atoms with van der Waals surface area (Å²) >= 11 is 0. The Morgan fingerprint density at radius 2 is 1.95 bits per heavy atom. The highest BCUT2D eigenvalue weighted by Gasteiger charge is 2.12. The van der Waals surface area contributed by atoms with Crippen LogP contribution in [0, 0.1) is 0 Å². The Labute approximate surface area is 119 Å². The van der Waals surface area contributed by atoms with Gasteiger partial charge in [-0.05, 0) is 24.3 Å². The van der Waals surface area contributed by atoms with Crippen molar-refractivity contribution in [2.75, 3.05) is 11.1 Å². The minimum absolute atomic E-state index is 0.120. The van der Waals surface area contributed by atoms with E-state index in [4.69, 9.17) is 10.2 Å². The summed E-state index contributed by atoms with van der Waals surface area (Å²) in [5, 5.41) is 2.72. The van der Waals surface area contributed by atoms with Crippen LogP contribution in [0.4, 0.5) is 11.4 Å². The zero-order valence-electron chi connectivity index (χ0n) is 11.1. The zero-order chi connectivity index (χ0) is 14.8. The lowest BCUT2D eigenvalue weighted by molar-refractivity contribution is -0.116. The summed E-state index contributed by atoms with van der Waals surface area (Å²) in [6.07, 6.45) is 0. The normalized spacial score (nSPS) is 10.7. The summed E-state index contributed by atoms with van der Waals surface area (Å²) in [7, 11) is 0. The van der Waals surface area contributed by atoms with E-state index in [9.17, 15) is 9.59 Å². The van der Waals surface area contributed by atoms with Crippen molar-refractivity contribution < 1.29 is 9.21 Å². The third-order valence-corrected chi connectivity index (χ3v) is 3.05. The molecular formula is C15H13N3O3. The molecule has 6 heteroatoms. The van der Waals surface area contributed by atoms with Crippen molar-refractivity contribution in [1.29, 1.82) is 0 Å².